The van der Waals surface area contributed by atoms with E-state index in [1.807, 2.05) is 42.5 Å². The average molecular weight is 360 g/mol. The van der Waals surface area contributed by atoms with Crippen LogP contribution in [0.4, 0.5) is 0 Å². The number of hydrogen-bond donors (Lipinski definition) is 1. The highest BCUT2D eigenvalue weighted by Gasteiger charge is 2.11. The van der Waals surface area contributed by atoms with E-state index in [1.54, 1.807) is 29.5 Å². The number of rotatable bonds is 6. The number of nitrogens with one attached hydrogen (secondary N) is 1. The zero-order valence-electron chi connectivity index (χ0n) is 14.3. The van der Waals surface area contributed by atoms with E-state index in [-0.39, 0.29) is 12.5 Å². The van der Waals surface area contributed by atoms with E-state index in [1.165, 1.54) is 4.80 Å². The average Bonchev–Trinajstić information content (AvgIpc) is 3.40. The summed E-state index contributed by atoms with van der Waals surface area (Å²) < 4.78 is 1.80. The number of imidazole rings is 1. The van der Waals surface area contributed by atoms with Crippen LogP contribution in [-0.2, 0) is 17.9 Å². The number of hydrogen-bond acceptors (Lipinski definition) is 6. The molecule has 1 N–H and O–H groups in total. The van der Waals surface area contributed by atoms with Gasteiger partial charge in [-0.2, -0.15) is 4.80 Å². The molecule has 134 valence electrons. The third-order valence-corrected chi connectivity index (χ3v) is 3.86. The van der Waals surface area contributed by atoms with Crippen LogP contribution in [0.1, 0.15) is 5.56 Å². The molecule has 3 heterocycles. The highest BCUT2D eigenvalue weighted by molar-refractivity contribution is 5.75. The molecule has 0 aliphatic heterocycles. The van der Waals surface area contributed by atoms with Crippen LogP contribution in [0.15, 0.2) is 67.4 Å². The summed E-state index contributed by atoms with van der Waals surface area (Å²) in [4.78, 5) is 21.9. The molecule has 0 fully saturated rings. The zero-order chi connectivity index (χ0) is 18.5. The summed E-state index contributed by atoms with van der Waals surface area (Å²) >= 11 is 0. The molecule has 9 nitrogen and oxygen atoms in total. The van der Waals surface area contributed by atoms with Gasteiger partial charge in [0.15, 0.2) is 0 Å². The lowest BCUT2D eigenvalue weighted by molar-refractivity contribution is -0.122. The van der Waals surface area contributed by atoms with Crippen LogP contribution in [-0.4, -0.2) is 40.6 Å². The Labute approximate surface area is 154 Å². The maximum Gasteiger partial charge on any atom is 0.243 e. The third-order valence-electron chi connectivity index (χ3n) is 3.86. The number of benzene rings is 1. The van der Waals surface area contributed by atoms with Crippen molar-refractivity contribution < 1.29 is 4.79 Å². The lowest BCUT2D eigenvalue weighted by Crippen LogP contribution is -2.28. The zero-order valence-corrected chi connectivity index (χ0v) is 14.3. The van der Waals surface area contributed by atoms with E-state index in [4.69, 9.17) is 0 Å². The molecule has 9 heteroatoms. The van der Waals surface area contributed by atoms with Crippen LogP contribution in [0.3, 0.4) is 0 Å². The molecule has 0 spiro atoms. The van der Waals surface area contributed by atoms with E-state index < -0.39 is 0 Å². The number of carbonyl (C=O) groups is 1. The van der Waals surface area contributed by atoms with E-state index in [0.29, 0.717) is 12.4 Å². The Hall–Kier alpha value is -3.88. The van der Waals surface area contributed by atoms with Crippen molar-refractivity contribution in [2.45, 2.75) is 13.1 Å². The first-order valence-corrected chi connectivity index (χ1v) is 8.32. The number of tetrazole rings is 1. The molecule has 27 heavy (non-hydrogen) atoms. The first kappa shape index (κ1) is 16.6. The van der Waals surface area contributed by atoms with Crippen LogP contribution in [0.25, 0.3) is 17.2 Å². The van der Waals surface area contributed by atoms with Gasteiger partial charge in [0.2, 0.25) is 11.7 Å². The molecule has 0 atom stereocenters. The fourth-order valence-electron chi connectivity index (χ4n) is 2.58. The standard InChI is InChI=1S/C18H16N8O/c27-16(12-26-23-17(22-24-26)14-5-2-1-3-6-14)21-11-15-7-4-8-20-18(15)25-10-9-19-13-25/h1-10,13H,11-12H2,(H,21,27). The van der Waals surface area contributed by atoms with E-state index >= 15 is 0 Å². The van der Waals surface area contributed by atoms with Crippen molar-refractivity contribution in [1.29, 1.82) is 0 Å². The van der Waals surface area contributed by atoms with Crippen LogP contribution in [0.5, 0.6) is 0 Å². The monoisotopic (exact) mass is 360 g/mol. The largest absolute Gasteiger partial charge is 0.350 e. The van der Waals surface area contributed by atoms with Crippen molar-refractivity contribution in [3.05, 3.63) is 72.9 Å². The Kier molecular flexibility index (Phi) is 4.64. The molecule has 0 aliphatic carbocycles. The fraction of sp³-hybridized carbons (Fsp3) is 0.111. The number of pyridine rings is 1. The van der Waals surface area contributed by atoms with E-state index in [0.717, 1.165) is 16.9 Å². The summed E-state index contributed by atoms with van der Waals surface area (Å²) in [6.07, 6.45) is 6.85. The van der Waals surface area contributed by atoms with Gasteiger partial charge < -0.3 is 5.32 Å². The number of carbonyl (C=O) groups excluding carboxylic acids is 1. The summed E-state index contributed by atoms with van der Waals surface area (Å²) in [5, 5.41) is 15.0. The summed E-state index contributed by atoms with van der Waals surface area (Å²) in [6.45, 7) is 0.320. The molecule has 1 aromatic carbocycles. The van der Waals surface area contributed by atoms with Gasteiger partial charge in [-0.25, -0.2) is 9.97 Å². The molecule has 0 radical (unpaired) electrons. The number of amides is 1. The third kappa shape index (κ3) is 3.87. The predicted octanol–water partition coefficient (Wildman–Crippen LogP) is 1.24. The van der Waals surface area contributed by atoms with Crippen molar-refractivity contribution in [3.63, 3.8) is 0 Å². The molecule has 0 saturated carbocycles. The minimum Gasteiger partial charge on any atom is -0.350 e. The minimum absolute atomic E-state index is 0.0134. The Morgan fingerprint density at radius 3 is 2.78 bits per heavy atom. The maximum absolute atomic E-state index is 12.3. The molecular weight excluding hydrogens is 344 g/mol. The van der Waals surface area contributed by atoms with Gasteiger partial charge in [-0.15, -0.1) is 10.2 Å². The van der Waals surface area contributed by atoms with E-state index in [2.05, 4.69) is 30.7 Å². The summed E-state index contributed by atoms with van der Waals surface area (Å²) in [6, 6.07) is 13.2. The van der Waals surface area contributed by atoms with Gasteiger partial charge in [-0.1, -0.05) is 36.4 Å². The molecule has 4 aromatic rings. The number of nitrogens with zero attached hydrogens (tertiary/aromatic N) is 7. The van der Waals surface area contributed by atoms with E-state index in [9.17, 15) is 4.79 Å². The molecule has 4 rings (SSSR count). The van der Waals surface area contributed by atoms with Crippen molar-refractivity contribution >= 4 is 5.91 Å². The lowest BCUT2D eigenvalue weighted by Gasteiger charge is -2.09. The van der Waals surface area contributed by atoms with Gasteiger partial charge in [0.1, 0.15) is 18.7 Å². The Balaban J connectivity index is 1.39. The van der Waals surface area contributed by atoms with Gasteiger partial charge in [-0.05, 0) is 11.3 Å². The van der Waals surface area contributed by atoms with Crippen molar-refractivity contribution in [3.8, 4) is 17.2 Å². The van der Waals surface area contributed by atoms with Crippen LogP contribution in [0.2, 0.25) is 0 Å². The quantitative estimate of drug-likeness (QED) is 0.555. The van der Waals surface area contributed by atoms with Gasteiger partial charge >= 0.3 is 0 Å². The summed E-state index contributed by atoms with van der Waals surface area (Å²) in [5.74, 6) is 0.992. The van der Waals surface area contributed by atoms with Crippen molar-refractivity contribution in [2.75, 3.05) is 0 Å². The van der Waals surface area contributed by atoms with Gasteiger partial charge in [-0.3, -0.25) is 9.36 Å². The first-order chi connectivity index (χ1) is 13.3. The second-order valence-corrected chi connectivity index (χ2v) is 5.74. The second kappa shape index (κ2) is 7.56. The van der Waals surface area contributed by atoms with Gasteiger partial charge in [0.05, 0.1) is 0 Å². The Morgan fingerprint density at radius 2 is 1.96 bits per heavy atom. The topological polar surface area (TPSA) is 103 Å². The molecular formula is C18H16N8O. The van der Waals surface area contributed by atoms with Crippen LogP contribution >= 0.6 is 0 Å². The molecule has 0 bridgehead atoms. The molecule has 0 saturated heterocycles. The van der Waals surface area contributed by atoms with Crippen molar-refractivity contribution in [2.24, 2.45) is 0 Å². The highest BCUT2D eigenvalue weighted by atomic mass is 16.2. The Bertz CT molecular complexity index is 1030. The molecule has 0 unspecified atom stereocenters. The maximum atomic E-state index is 12.3. The minimum atomic E-state index is -0.215. The smallest absolute Gasteiger partial charge is 0.243 e. The normalized spacial score (nSPS) is 10.7. The van der Waals surface area contributed by atoms with Crippen LogP contribution in [0, 0.1) is 0 Å². The van der Waals surface area contributed by atoms with Crippen molar-refractivity contribution in [1.82, 2.24) is 40.1 Å². The number of aromatic nitrogens is 7. The Morgan fingerprint density at radius 1 is 1.07 bits per heavy atom. The van der Waals surface area contributed by atoms with Gasteiger partial charge in [0, 0.05) is 36.3 Å². The fourth-order valence-corrected chi connectivity index (χ4v) is 2.58. The first-order valence-electron chi connectivity index (χ1n) is 8.32. The van der Waals surface area contributed by atoms with Gasteiger partial charge in [0.25, 0.3) is 0 Å². The molecule has 3 aromatic heterocycles. The summed E-state index contributed by atoms with van der Waals surface area (Å²) in [7, 11) is 0. The summed E-state index contributed by atoms with van der Waals surface area (Å²) in [5.41, 5.74) is 1.73. The molecule has 1 amide bonds. The second-order valence-electron chi connectivity index (χ2n) is 5.74. The predicted molar refractivity (Wildman–Crippen MR) is 96.5 cm³/mol. The SMILES string of the molecule is O=C(Cn1nnc(-c2ccccc2)n1)NCc1cccnc1-n1ccnc1. The molecule has 0 aliphatic rings. The highest BCUT2D eigenvalue weighted by Crippen LogP contribution is 2.12. The lowest BCUT2D eigenvalue weighted by atomic mass is 10.2. The van der Waals surface area contributed by atoms with Crippen LogP contribution < -0.4 is 5.32 Å².